The van der Waals surface area contributed by atoms with Crippen molar-refractivity contribution in [3.05, 3.63) is 130 Å². The van der Waals surface area contributed by atoms with Crippen LogP contribution in [0.3, 0.4) is 0 Å². The zero-order valence-corrected chi connectivity index (χ0v) is 28.6. The number of nitrogens with one attached hydrogen (secondary N) is 3. The summed E-state index contributed by atoms with van der Waals surface area (Å²) >= 11 is 2.89. The number of thioether (sulfide) groups is 1. The van der Waals surface area contributed by atoms with E-state index in [9.17, 15) is 19.6 Å². The highest BCUT2D eigenvalue weighted by atomic mass is 32.2. The Hall–Kier alpha value is -5.37. The molecule has 3 aromatic carbocycles. The van der Waals surface area contributed by atoms with Gasteiger partial charge in [-0.2, -0.15) is 5.26 Å². The number of hydrogen-bond acceptors (Lipinski definition) is 7. The molecule has 49 heavy (non-hydrogen) atoms. The Morgan fingerprint density at radius 2 is 1.67 bits per heavy atom. The molecule has 2 unspecified atom stereocenters. The van der Waals surface area contributed by atoms with E-state index in [0.717, 1.165) is 35.3 Å². The molecule has 3 amide bonds. The van der Waals surface area contributed by atoms with Gasteiger partial charge in [0.2, 0.25) is 5.91 Å². The van der Waals surface area contributed by atoms with Gasteiger partial charge >= 0.3 is 0 Å². The maximum absolute atomic E-state index is 13.5. The largest absolute Gasteiger partial charge is 0.457 e. The normalized spacial score (nSPS) is 14.6. The summed E-state index contributed by atoms with van der Waals surface area (Å²) in [7, 11) is 0. The first-order valence-electron chi connectivity index (χ1n) is 15.9. The first-order valence-corrected chi connectivity index (χ1v) is 17.6. The Labute approximate surface area is 293 Å². The predicted molar refractivity (Wildman–Crippen MR) is 195 cm³/mol. The molecule has 0 radical (unpaired) electrons. The number of nitriles is 1. The van der Waals surface area contributed by atoms with E-state index in [4.69, 9.17) is 4.42 Å². The van der Waals surface area contributed by atoms with Crippen LogP contribution in [0.1, 0.15) is 52.4 Å². The van der Waals surface area contributed by atoms with Crippen LogP contribution in [0.5, 0.6) is 0 Å². The minimum absolute atomic E-state index is 0.00742. The highest BCUT2D eigenvalue weighted by Gasteiger charge is 2.26. The number of amides is 3. The van der Waals surface area contributed by atoms with E-state index >= 15 is 0 Å². The molecule has 3 N–H and O–H groups in total. The highest BCUT2D eigenvalue weighted by molar-refractivity contribution is 8.00. The van der Waals surface area contributed by atoms with Gasteiger partial charge in [0.1, 0.15) is 28.3 Å². The molecule has 0 fully saturated rings. The number of nitrogens with zero attached hydrogens (tertiary/aromatic N) is 1. The first kappa shape index (κ1) is 33.5. The number of thiophene rings is 1. The topological polar surface area (TPSA) is 124 Å². The fourth-order valence-corrected chi connectivity index (χ4v) is 7.75. The van der Waals surface area contributed by atoms with Gasteiger partial charge in [0.05, 0.1) is 10.8 Å². The highest BCUT2D eigenvalue weighted by Crippen LogP contribution is 2.39. The van der Waals surface area contributed by atoms with Gasteiger partial charge in [-0.1, -0.05) is 55.5 Å². The zero-order chi connectivity index (χ0) is 34.3. The van der Waals surface area contributed by atoms with Gasteiger partial charge in [-0.25, -0.2) is 0 Å². The average molecular weight is 687 g/mol. The van der Waals surface area contributed by atoms with E-state index in [1.807, 2.05) is 61.5 Å². The van der Waals surface area contributed by atoms with Gasteiger partial charge in [0.25, 0.3) is 11.8 Å². The van der Waals surface area contributed by atoms with Gasteiger partial charge in [0, 0.05) is 32.7 Å². The van der Waals surface area contributed by atoms with Crippen molar-refractivity contribution in [2.24, 2.45) is 5.92 Å². The average Bonchev–Trinajstić information content (AvgIpc) is 3.73. The van der Waals surface area contributed by atoms with E-state index in [2.05, 4.69) is 28.9 Å². The Balaban J connectivity index is 1.12. The fourth-order valence-electron chi connectivity index (χ4n) is 5.52. The number of rotatable bonds is 10. The van der Waals surface area contributed by atoms with Crippen molar-refractivity contribution in [1.82, 2.24) is 5.32 Å². The molecule has 10 heteroatoms. The standard InChI is InChI=1S/C39H34N4O4S2/c1-24-13-19-31-32(23-40)39(49-35(31)21-24)43-36(44)25(2)48-30-17-14-28(15-18-30)41-38(46)33(42-37(45)27-11-7-4-8-12-27)22-29-16-20-34(47-29)26-9-5-3-6-10-26/h3-12,14-18,20,22,24-25H,13,19,21H2,1-2H3,(H,41,46)(H,42,45)(H,43,44). The molecular weight excluding hydrogens is 653 g/mol. The van der Waals surface area contributed by atoms with Crippen LogP contribution in [0.15, 0.2) is 112 Å². The Kier molecular flexibility index (Phi) is 10.4. The van der Waals surface area contributed by atoms with E-state index < -0.39 is 17.1 Å². The lowest BCUT2D eigenvalue weighted by Gasteiger charge is -2.17. The van der Waals surface area contributed by atoms with Crippen molar-refractivity contribution in [2.45, 2.75) is 43.3 Å². The number of furan rings is 1. The quantitative estimate of drug-likeness (QED) is 0.1000. The van der Waals surface area contributed by atoms with Crippen LogP contribution in [0.4, 0.5) is 10.7 Å². The molecule has 1 aliphatic rings. The molecular formula is C39H34N4O4S2. The van der Waals surface area contributed by atoms with Crippen LogP contribution < -0.4 is 16.0 Å². The second kappa shape index (κ2) is 15.2. The smallest absolute Gasteiger partial charge is 0.272 e. The Morgan fingerprint density at radius 1 is 0.959 bits per heavy atom. The monoisotopic (exact) mass is 686 g/mol. The summed E-state index contributed by atoms with van der Waals surface area (Å²) in [6.07, 6.45) is 4.35. The molecule has 5 aromatic rings. The van der Waals surface area contributed by atoms with Crippen molar-refractivity contribution in [3.63, 3.8) is 0 Å². The third kappa shape index (κ3) is 8.20. The van der Waals surface area contributed by atoms with Crippen LogP contribution in [0, 0.1) is 17.2 Å². The summed E-state index contributed by atoms with van der Waals surface area (Å²) in [5.74, 6) is 0.458. The van der Waals surface area contributed by atoms with Crippen molar-refractivity contribution in [2.75, 3.05) is 10.6 Å². The Bertz CT molecular complexity index is 2040. The molecule has 8 nitrogen and oxygen atoms in total. The number of benzene rings is 3. The van der Waals surface area contributed by atoms with Crippen LogP contribution in [0.25, 0.3) is 17.4 Å². The number of anilines is 2. The van der Waals surface area contributed by atoms with Crippen LogP contribution in [0.2, 0.25) is 0 Å². The second-order valence-corrected chi connectivity index (χ2v) is 14.4. The molecule has 0 saturated carbocycles. The first-order chi connectivity index (χ1) is 23.8. The van der Waals surface area contributed by atoms with E-state index in [1.165, 1.54) is 34.1 Å². The van der Waals surface area contributed by atoms with E-state index in [-0.39, 0.29) is 11.6 Å². The van der Waals surface area contributed by atoms with Crippen molar-refractivity contribution in [1.29, 1.82) is 5.26 Å². The van der Waals surface area contributed by atoms with Gasteiger partial charge in [0.15, 0.2) is 0 Å². The summed E-state index contributed by atoms with van der Waals surface area (Å²) in [6, 6.07) is 31.2. The molecule has 0 aliphatic heterocycles. The molecule has 246 valence electrons. The molecule has 0 bridgehead atoms. The van der Waals surface area contributed by atoms with E-state index in [1.54, 1.807) is 42.5 Å². The van der Waals surface area contributed by atoms with Crippen LogP contribution >= 0.6 is 23.1 Å². The van der Waals surface area contributed by atoms with Gasteiger partial charge in [-0.05, 0) is 86.2 Å². The minimum Gasteiger partial charge on any atom is -0.457 e. The maximum Gasteiger partial charge on any atom is 0.272 e. The second-order valence-electron chi connectivity index (χ2n) is 11.8. The third-order valence-electron chi connectivity index (χ3n) is 8.15. The summed E-state index contributed by atoms with van der Waals surface area (Å²) in [5.41, 5.74) is 3.48. The summed E-state index contributed by atoms with van der Waals surface area (Å²) < 4.78 is 5.98. The van der Waals surface area contributed by atoms with Gasteiger partial charge in [-0.3, -0.25) is 14.4 Å². The van der Waals surface area contributed by atoms with Crippen molar-refractivity contribution < 1.29 is 18.8 Å². The van der Waals surface area contributed by atoms with Crippen LogP contribution in [-0.2, 0) is 22.4 Å². The SMILES string of the molecule is CC1CCc2c(sc(NC(=O)C(C)Sc3ccc(NC(=O)C(=Cc4ccc(-c5ccccc5)o4)NC(=O)c4ccccc4)cc3)c2C#N)C1. The number of carbonyl (C=O) groups is 3. The third-order valence-corrected chi connectivity index (χ3v) is 10.4. The number of carbonyl (C=O) groups excluding carboxylic acids is 3. The minimum atomic E-state index is -0.531. The molecule has 0 spiro atoms. The maximum atomic E-state index is 13.5. The molecule has 0 saturated heterocycles. The lowest BCUT2D eigenvalue weighted by molar-refractivity contribution is -0.115. The number of hydrogen-bond donors (Lipinski definition) is 3. The van der Waals surface area contributed by atoms with Gasteiger partial charge < -0.3 is 20.4 Å². The lowest BCUT2D eigenvalue weighted by Crippen LogP contribution is -2.30. The number of fused-ring (bicyclic) bond motifs is 1. The molecule has 2 heterocycles. The molecule has 2 aromatic heterocycles. The zero-order valence-electron chi connectivity index (χ0n) is 27.0. The summed E-state index contributed by atoms with van der Waals surface area (Å²) in [4.78, 5) is 41.7. The van der Waals surface area contributed by atoms with Gasteiger partial charge in [-0.15, -0.1) is 23.1 Å². The van der Waals surface area contributed by atoms with Crippen LogP contribution in [-0.4, -0.2) is 23.0 Å². The fraction of sp³-hybridized carbons (Fsp3) is 0.179. The molecule has 1 aliphatic carbocycles. The molecule has 2 atom stereocenters. The summed E-state index contributed by atoms with van der Waals surface area (Å²) in [5, 5.41) is 18.6. The van der Waals surface area contributed by atoms with Crippen molar-refractivity contribution in [3.8, 4) is 17.4 Å². The van der Waals surface area contributed by atoms with Crippen molar-refractivity contribution >= 4 is 57.6 Å². The lowest BCUT2D eigenvalue weighted by atomic mass is 9.89. The van der Waals surface area contributed by atoms with E-state index in [0.29, 0.717) is 39.3 Å². The summed E-state index contributed by atoms with van der Waals surface area (Å²) in [6.45, 7) is 4.03. The Morgan fingerprint density at radius 3 is 2.39 bits per heavy atom. The molecule has 6 rings (SSSR count). The predicted octanol–water partition coefficient (Wildman–Crippen LogP) is 8.53.